The summed E-state index contributed by atoms with van der Waals surface area (Å²) in [5.41, 5.74) is 4.02. The molecule has 120 valence electrons. The van der Waals surface area contributed by atoms with Crippen molar-refractivity contribution in [2.75, 3.05) is 23.9 Å². The number of hydrogen-bond donors (Lipinski definition) is 1. The van der Waals surface area contributed by atoms with E-state index in [2.05, 4.69) is 10.1 Å². The lowest BCUT2D eigenvalue weighted by molar-refractivity contribution is -0.117. The zero-order chi connectivity index (χ0) is 16.6. The van der Waals surface area contributed by atoms with Gasteiger partial charge in [-0.05, 0) is 49.2 Å². The number of nitrogens with one attached hydrogen (secondary N) is 1. The van der Waals surface area contributed by atoms with Crippen LogP contribution in [0, 0.1) is 13.8 Å². The van der Waals surface area contributed by atoms with Gasteiger partial charge in [0, 0.05) is 0 Å². The summed E-state index contributed by atoms with van der Waals surface area (Å²) in [6.45, 7) is 4.55. The van der Waals surface area contributed by atoms with Crippen LogP contribution in [-0.2, 0) is 16.1 Å². The highest BCUT2D eigenvalue weighted by Gasteiger charge is 2.26. The lowest BCUT2D eigenvalue weighted by Gasteiger charge is -2.30. The lowest BCUT2D eigenvalue weighted by atomic mass is 10.1. The molecule has 6 heteroatoms. The van der Waals surface area contributed by atoms with Gasteiger partial charge in [-0.2, -0.15) is 0 Å². The molecule has 0 spiro atoms. The van der Waals surface area contributed by atoms with E-state index in [1.165, 1.54) is 7.11 Å². The molecule has 0 aliphatic carbocycles. The Hall–Kier alpha value is -2.76. The van der Waals surface area contributed by atoms with Gasteiger partial charge in [0.25, 0.3) is 0 Å². The maximum atomic E-state index is 12.3. The van der Waals surface area contributed by atoms with Crippen LogP contribution in [0.5, 0.6) is 0 Å². The van der Waals surface area contributed by atoms with Crippen LogP contribution in [0.3, 0.4) is 0 Å². The number of ether oxygens (including phenoxy) is 1. The Bertz CT molecular complexity index is 779. The summed E-state index contributed by atoms with van der Waals surface area (Å²) < 4.78 is 10.1. The summed E-state index contributed by atoms with van der Waals surface area (Å²) >= 11 is 0. The molecule has 6 nitrogen and oxygen atoms in total. The van der Waals surface area contributed by atoms with Gasteiger partial charge in [0.2, 0.25) is 11.7 Å². The maximum Gasteiger partial charge on any atom is 0.373 e. The molecule has 2 heterocycles. The molecule has 0 bridgehead atoms. The number of rotatable bonds is 3. The van der Waals surface area contributed by atoms with Gasteiger partial charge >= 0.3 is 5.97 Å². The van der Waals surface area contributed by atoms with Gasteiger partial charge < -0.3 is 19.4 Å². The van der Waals surface area contributed by atoms with Crippen molar-refractivity contribution < 1.29 is 18.7 Å². The normalized spacial score (nSPS) is 13.5. The molecule has 0 saturated heterocycles. The summed E-state index contributed by atoms with van der Waals surface area (Å²) in [6.07, 6.45) is 0. The number of aryl methyl sites for hydroxylation is 2. The molecule has 1 aliphatic rings. The molecular formula is C17H18N2O4. The summed E-state index contributed by atoms with van der Waals surface area (Å²) in [4.78, 5) is 25.4. The molecule has 3 rings (SSSR count). The van der Waals surface area contributed by atoms with Crippen LogP contribution in [-0.4, -0.2) is 25.5 Å². The van der Waals surface area contributed by atoms with E-state index < -0.39 is 5.97 Å². The van der Waals surface area contributed by atoms with Crippen molar-refractivity contribution in [1.29, 1.82) is 0 Å². The van der Waals surface area contributed by atoms with Crippen molar-refractivity contribution >= 4 is 23.3 Å². The average Bonchev–Trinajstić information content (AvgIpc) is 3.00. The van der Waals surface area contributed by atoms with Gasteiger partial charge in [0.05, 0.1) is 31.6 Å². The largest absolute Gasteiger partial charge is 0.463 e. The Kier molecular flexibility index (Phi) is 3.82. The fourth-order valence-corrected chi connectivity index (χ4v) is 2.57. The zero-order valence-electron chi connectivity index (χ0n) is 13.3. The summed E-state index contributed by atoms with van der Waals surface area (Å²) in [7, 11) is 1.30. The van der Waals surface area contributed by atoms with Gasteiger partial charge in [-0.1, -0.05) is 0 Å². The fourth-order valence-electron chi connectivity index (χ4n) is 2.57. The molecule has 0 radical (unpaired) electrons. The lowest BCUT2D eigenvalue weighted by Crippen LogP contribution is -2.39. The number of carbonyl (C=O) groups is 2. The average molecular weight is 314 g/mol. The van der Waals surface area contributed by atoms with Crippen LogP contribution < -0.4 is 10.2 Å². The van der Waals surface area contributed by atoms with Crippen molar-refractivity contribution in [1.82, 2.24) is 0 Å². The Balaban J connectivity index is 1.91. The first-order chi connectivity index (χ1) is 11.0. The van der Waals surface area contributed by atoms with Gasteiger partial charge in [0.1, 0.15) is 5.76 Å². The Morgan fingerprint density at radius 3 is 2.78 bits per heavy atom. The van der Waals surface area contributed by atoms with E-state index in [1.54, 1.807) is 17.0 Å². The molecule has 1 aromatic heterocycles. The number of benzene rings is 1. The minimum Gasteiger partial charge on any atom is -0.463 e. The summed E-state index contributed by atoms with van der Waals surface area (Å²) in [5, 5.41) is 3.13. The smallest absolute Gasteiger partial charge is 0.373 e. The minimum atomic E-state index is -0.533. The third kappa shape index (κ3) is 2.79. The molecular weight excluding hydrogens is 296 g/mol. The van der Waals surface area contributed by atoms with E-state index in [0.717, 1.165) is 22.5 Å². The Morgan fingerprint density at radius 2 is 2.04 bits per heavy atom. The second kappa shape index (κ2) is 5.79. The number of hydrogen-bond acceptors (Lipinski definition) is 5. The van der Waals surface area contributed by atoms with E-state index in [1.807, 2.05) is 26.0 Å². The van der Waals surface area contributed by atoms with Gasteiger partial charge in [-0.15, -0.1) is 0 Å². The van der Waals surface area contributed by atoms with E-state index >= 15 is 0 Å². The van der Waals surface area contributed by atoms with Crippen molar-refractivity contribution in [2.24, 2.45) is 0 Å². The number of furan rings is 1. The molecule has 1 N–H and O–H groups in total. The van der Waals surface area contributed by atoms with Crippen LogP contribution in [0.1, 0.15) is 27.4 Å². The number of nitrogens with zero attached hydrogens (tertiary/aromatic N) is 1. The van der Waals surface area contributed by atoms with Crippen LogP contribution in [0.25, 0.3) is 0 Å². The van der Waals surface area contributed by atoms with Crippen molar-refractivity contribution in [2.45, 2.75) is 20.4 Å². The predicted octanol–water partition coefficient (Wildman–Crippen LogP) is 2.64. The molecule has 23 heavy (non-hydrogen) atoms. The number of fused-ring (bicyclic) bond motifs is 1. The minimum absolute atomic E-state index is 0.0447. The highest BCUT2D eigenvalue weighted by molar-refractivity contribution is 6.02. The van der Waals surface area contributed by atoms with Crippen LogP contribution >= 0.6 is 0 Å². The highest BCUT2D eigenvalue weighted by atomic mass is 16.5. The molecule has 2 aromatic rings. The molecule has 0 fully saturated rings. The molecule has 0 unspecified atom stereocenters. The Labute approximate surface area is 134 Å². The quantitative estimate of drug-likeness (QED) is 0.882. The van der Waals surface area contributed by atoms with Gasteiger partial charge in [-0.25, -0.2) is 4.79 Å². The number of anilines is 2. The van der Waals surface area contributed by atoms with E-state index in [9.17, 15) is 9.59 Å². The first-order valence-electron chi connectivity index (χ1n) is 7.32. The van der Waals surface area contributed by atoms with Crippen molar-refractivity contribution in [3.8, 4) is 0 Å². The molecule has 1 aliphatic heterocycles. The van der Waals surface area contributed by atoms with Gasteiger partial charge in [-0.3, -0.25) is 4.79 Å². The fraction of sp³-hybridized carbons (Fsp3) is 0.294. The van der Waals surface area contributed by atoms with E-state index in [-0.39, 0.29) is 24.8 Å². The third-order valence-corrected chi connectivity index (χ3v) is 4.00. The molecule has 0 atom stereocenters. The van der Waals surface area contributed by atoms with Crippen molar-refractivity contribution in [3.05, 3.63) is 46.9 Å². The second-order valence-corrected chi connectivity index (χ2v) is 5.54. The molecule has 1 aromatic carbocycles. The van der Waals surface area contributed by atoms with E-state index in [0.29, 0.717) is 5.76 Å². The predicted molar refractivity (Wildman–Crippen MR) is 85.6 cm³/mol. The van der Waals surface area contributed by atoms with Gasteiger partial charge in [0.15, 0.2) is 0 Å². The number of methoxy groups -OCH3 is 1. The SMILES string of the molecule is COC(=O)c1ccc(CN2C(=O)CNc3cc(C)c(C)cc32)o1. The summed E-state index contributed by atoms with van der Waals surface area (Å²) in [6, 6.07) is 7.25. The highest BCUT2D eigenvalue weighted by Crippen LogP contribution is 2.33. The Morgan fingerprint density at radius 1 is 1.30 bits per heavy atom. The van der Waals surface area contributed by atoms with Crippen LogP contribution in [0.15, 0.2) is 28.7 Å². The van der Waals surface area contributed by atoms with Crippen molar-refractivity contribution in [3.63, 3.8) is 0 Å². The standard InChI is InChI=1S/C17H18N2O4/c1-10-6-13-14(7-11(10)2)19(16(20)8-18-13)9-12-4-5-15(23-12)17(21)22-3/h4-7,18H,8-9H2,1-3H3. The molecule has 1 amide bonds. The first kappa shape index (κ1) is 15.1. The number of esters is 1. The zero-order valence-corrected chi connectivity index (χ0v) is 13.3. The third-order valence-electron chi connectivity index (χ3n) is 4.00. The first-order valence-corrected chi connectivity index (χ1v) is 7.32. The van der Waals surface area contributed by atoms with Crippen LogP contribution in [0.2, 0.25) is 0 Å². The molecule has 0 saturated carbocycles. The van der Waals surface area contributed by atoms with Crippen LogP contribution in [0.4, 0.5) is 11.4 Å². The number of amides is 1. The second-order valence-electron chi connectivity index (χ2n) is 5.54. The topological polar surface area (TPSA) is 71.8 Å². The monoisotopic (exact) mass is 314 g/mol. The van der Waals surface area contributed by atoms with E-state index in [4.69, 9.17) is 4.42 Å². The summed E-state index contributed by atoms with van der Waals surface area (Å²) in [5.74, 6) is 0.0850. The number of carbonyl (C=O) groups excluding carboxylic acids is 2. The maximum absolute atomic E-state index is 12.3.